The van der Waals surface area contributed by atoms with Gasteiger partial charge in [-0.15, -0.1) is 0 Å². The smallest absolute Gasteiger partial charge is 0.224 e. The average Bonchev–Trinajstić information content (AvgIpc) is 3.00. The summed E-state index contributed by atoms with van der Waals surface area (Å²) < 4.78 is 5.63. The lowest BCUT2D eigenvalue weighted by atomic mass is 9.99. The lowest BCUT2D eigenvalue weighted by Crippen LogP contribution is -2.46. The van der Waals surface area contributed by atoms with E-state index in [1.54, 1.807) is 0 Å². The summed E-state index contributed by atoms with van der Waals surface area (Å²) >= 11 is 0. The Morgan fingerprint density at radius 3 is 3.06 bits per heavy atom. The molecule has 3 saturated heterocycles. The molecule has 3 heterocycles. The number of amides is 1. The van der Waals surface area contributed by atoms with Crippen LogP contribution in [0.5, 0.6) is 0 Å². The van der Waals surface area contributed by atoms with E-state index in [1.165, 1.54) is 32.1 Å². The topological polar surface area (TPSA) is 41.6 Å². The zero-order chi connectivity index (χ0) is 12.4. The van der Waals surface area contributed by atoms with Gasteiger partial charge in [0.15, 0.2) is 0 Å². The molecule has 4 nitrogen and oxygen atoms in total. The monoisotopic (exact) mass is 252 g/mol. The quantitative estimate of drug-likeness (QED) is 0.820. The highest BCUT2D eigenvalue weighted by Crippen LogP contribution is 2.28. The third-order valence-electron chi connectivity index (χ3n) is 4.63. The van der Waals surface area contributed by atoms with Gasteiger partial charge in [0.1, 0.15) is 0 Å². The molecule has 0 aromatic heterocycles. The van der Waals surface area contributed by atoms with Crippen LogP contribution in [0.15, 0.2) is 0 Å². The Morgan fingerprint density at radius 1 is 1.28 bits per heavy atom. The van der Waals surface area contributed by atoms with E-state index < -0.39 is 0 Å². The first-order valence-corrected chi connectivity index (χ1v) is 7.49. The third kappa shape index (κ3) is 2.54. The molecule has 0 aliphatic carbocycles. The fraction of sp³-hybridized carbons (Fsp3) is 0.929. The first-order chi connectivity index (χ1) is 8.84. The molecule has 3 rings (SSSR count). The van der Waals surface area contributed by atoms with Gasteiger partial charge in [-0.2, -0.15) is 0 Å². The van der Waals surface area contributed by atoms with Gasteiger partial charge in [-0.1, -0.05) is 0 Å². The highest BCUT2D eigenvalue weighted by molar-refractivity contribution is 5.80. The number of ether oxygens (including phenoxy) is 1. The summed E-state index contributed by atoms with van der Waals surface area (Å²) in [6.07, 6.45) is 8.32. The third-order valence-corrected chi connectivity index (χ3v) is 4.63. The minimum Gasteiger partial charge on any atom is -0.378 e. The second-order valence-corrected chi connectivity index (χ2v) is 5.84. The van der Waals surface area contributed by atoms with Crippen molar-refractivity contribution in [3.8, 4) is 0 Å². The van der Waals surface area contributed by atoms with Crippen molar-refractivity contribution in [2.75, 3.05) is 19.7 Å². The molecule has 4 heteroatoms. The minimum atomic E-state index is 0.356. The van der Waals surface area contributed by atoms with Gasteiger partial charge in [0.05, 0.1) is 6.10 Å². The van der Waals surface area contributed by atoms with Crippen LogP contribution >= 0.6 is 0 Å². The maximum atomic E-state index is 11.9. The molecule has 102 valence electrons. The van der Waals surface area contributed by atoms with Crippen LogP contribution in [0.3, 0.4) is 0 Å². The first kappa shape index (κ1) is 12.4. The standard InChI is InChI=1S/C14H24N2O2/c17-14-10-12(13-5-1-2-8-16(13)14)15-7-6-11-4-3-9-18-11/h11-13,15H,1-10H2. The Morgan fingerprint density at radius 2 is 2.22 bits per heavy atom. The summed E-state index contributed by atoms with van der Waals surface area (Å²) in [6.45, 7) is 2.91. The van der Waals surface area contributed by atoms with E-state index in [4.69, 9.17) is 4.74 Å². The van der Waals surface area contributed by atoms with E-state index >= 15 is 0 Å². The zero-order valence-corrected chi connectivity index (χ0v) is 11.1. The Kier molecular flexibility index (Phi) is 3.85. The van der Waals surface area contributed by atoms with Crippen LogP contribution in [0.25, 0.3) is 0 Å². The number of hydrogen-bond donors (Lipinski definition) is 1. The molecule has 3 unspecified atom stereocenters. The van der Waals surface area contributed by atoms with Crippen LogP contribution in [-0.4, -0.2) is 48.7 Å². The maximum Gasteiger partial charge on any atom is 0.224 e. The van der Waals surface area contributed by atoms with Crippen LogP contribution in [0.1, 0.15) is 44.9 Å². The fourth-order valence-corrected chi connectivity index (χ4v) is 3.64. The van der Waals surface area contributed by atoms with Gasteiger partial charge in [0.2, 0.25) is 5.91 Å². The Labute approximate surface area is 109 Å². The summed E-state index contributed by atoms with van der Waals surface area (Å²) in [6, 6.07) is 0.856. The van der Waals surface area contributed by atoms with Gasteiger partial charge in [-0.3, -0.25) is 4.79 Å². The van der Waals surface area contributed by atoms with Crippen molar-refractivity contribution in [1.29, 1.82) is 0 Å². The predicted molar refractivity (Wildman–Crippen MR) is 69.4 cm³/mol. The van der Waals surface area contributed by atoms with Crippen molar-refractivity contribution < 1.29 is 9.53 Å². The Hall–Kier alpha value is -0.610. The summed E-state index contributed by atoms with van der Waals surface area (Å²) in [5, 5.41) is 3.60. The van der Waals surface area contributed by atoms with E-state index in [9.17, 15) is 4.79 Å². The summed E-state index contributed by atoms with van der Waals surface area (Å²) in [7, 11) is 0. The number of fused-ring (bicyclic) bond motifs is 1. The molecular weight excluding hydrogens is 228 g/mol. The number of carbonyl (C=O) groups is 1. The molecule has 0 aromatic rings. The largest absolute Gasteiger partial charge is 0.378 e. The van der Waals surface area contributed by atoms with Crippen molar-refractivity contribution in [1.82, 2.24) is 10.2 Å². The highest BCUT2D eigenvalue weighted by Gasteiger charge is 2.40. The normalized spacial score (nSPS) is 36.1. The molecule has 1 amide bonds. The van der Waals surface area contributed by atoms with E-state index in [1.807, 2.05) is 0 Å². The maximum absolute atomic E-state index is 11.9. The Balaban J connectivity index is 1.45. The molecule has 0 saturated carbocycles. The molecule has 0 spiro atoms. The number of rotatable bonds is 4. The minimum absolute atomic E-state index is 0.356. The van der Waals surface area contributed by atoms with Gasteiger partial charge in [0.25, 0.3) is 0 Å². The van der Waals surface area contributed by atoms with Gasteiger partial charge in [-0.05, 0) is 45.1 Å². The van der Waals surface area contributed by atoms with Crippen molar-refractivity contribution in [2.24, 2.45) is 0 Å². The van der Waals surface area contributed by atoms with E-state index in [0.29, 0.717) is 30.5 Å². The number of nitrogens with zero attached hydrogens (tertiary/aromatic N) is 1. The fourth-order valence-electron chi connectivity index (χ4n) is 3.64. The number of piperidine rings is 1. The molecule has 18 heavy (non-hydrogen) atoms. The van der Waals surface area contributed by atoms with Crippen LogP contribution < -0.4 is 5.32 Å². The molecule has 3 fully saturated rings. The molecule has 3 aliphatic heterocycles. The number of nitrogens with one attached hydrogen (secondary N) is 1. The summed E-state index contributed by atoms with van der Waals surface area (Å²) in [5.74, 6) is 0.356. The number of hydrogen-bond acceptors (Lipinski definition) is 3. The van der Waals surface area contributed by atoms with Crippen molar-refractivity contribution in [2.45, 2.75) is 63.1 Å². The van der Waals surface area contributed by atoms with Crippen LogP contribution in [0.4, 0.5) is 0 Å². The van der Waals surface area contributed by atoms with Crippen LogP contribution in [0.2, 0.25) is 0 Å². The predicted octanol–water partition coefficient (Wildman–Crippen LogP) is 1.30. The lowest BCUT2D eigenvalue weighted by molar-refractivity contribution is -0.129. The average molecular weight is 252 g/mol. The second kappa shape index (κ2) is 5.57. The van der Waals surface area contributed by atoms with Crippen molar-refractivity contribution in [3.05, 3.63) is 0 Å². The summed E-state index contributed by atoms with van der Waals surface area (Å²) in [4.78, 5) is 14.0. The van der Waals surface area contributed by atoms with Crippen LogP contribution in [-0.2, 0) is 9.53 Å². The SMILES string of the molecule is O=C1CC(NCCC2CCCO2)C2CCCCN12. The van der Waals surface area contributed by atoms with Gasteiger partial charge in [0, 0.05) is 31.7 Å². The van der Waals surface area contributed by atoms with E-state index in [-0.39, 0.29) is 0 Å². The first-order valence-electron chi connectivity index (χ1n) is 7.49. The van der Waals surface area contributed by atoms with Crippen molar-refractivity contribution in [3.63, 3.8) is 0 Å². The molecular formula is C14H24N2O2. The molecule has 3 aliphatic rings. The lowest BCUT2D eigenvalue weighted by Gasteiger charge is -2.32. The van der Waals surface area contributed by atoms with Gasteiger partial charge >= 0.3 is 0 Å². The van der Waals surface area contributed by atoms with Gasteiger partial charge in [-0.25, -0.2) is 0 Å². The van der Waals surface area contributed by atoms with Gasteiger partial charge < -0.3 is 15.0 Å². The van der Waals surface area contributed by atoms with Crippen molar-refractivity contribution >= 4 is 5.91 Å². The Bertz CT molecular complexity index is 302. The van der Waals surface area contributed by atoms with E-state index in [2.05, 4.69) is 10.2 Å². The molecule has 0 radical (unpaired) electrons. The molecule has 1 N–H and O–H groups in total. The second-order valence-electron chi connectivity index (χ2n) is 5.84. The number of carbonyl (C=O) groups excluding carboxylic acids is 1. The molecule has 0 aromatic carbocycles. The van der Waals surface area contributed by atoms with Crippen LogP contribution in [0, 0.1) is 0 Å². The molecule has 0 bridgehead atoms. The molecule has 3 atom stereocenters. The highest BCUT2D eigenvalue weighted by atomic mass is 16.5. The summed E-state index contributed by atoms with van der Waals surface area (Å²) in [5.41, 5.74) is 0. The zero-order valence-electron chi connectivity index (χ0n) is 11.1. The van der Waals surface area contributed by atoms with E-state index in [0.717, 1.165) is 26.1 Å².